The Bertz CT molecular complexity index is 6600. The van der Waals surface area contributed by atoms with Gasteiger partial charge in [-0.1, -0.05) is 283 Å². The lowest BCUT2D eigenvalue weighted by Crippen LogP contribution is -2.61. The zero-order valence-corrected chi connectivity index (χ0v) is 63.0. The van der Waals surface area contributed by atoms with Crippen LogP contribution in [0.5, 0.6) is 0 Å². The predicted octanol–water partition coefficient (Wildman–Crippen LogP) is 26.2. The molecular formula is C100H85BN4S. The Labute approximate surface area is 634 Å². The molecule has 0 fully saturated rings. The maximum absolute atomic E-state index is 9.63. The van der Waals surface area contributed by atoms with Gasteiger partial charge in [-0.15, -0.1) is 11.3 Å². The second-order valence-corrected chi connectivity index (χ2v) is 34.3. The number of hydrogen-bond acceptors (Lipinski definition) is 3. The molecule has 6 heteroatoms. The molecule has 0 N–H and O–H groups in total. The summed E-state index contributed by atoms with van der Waals surface area (Å²) in [5.41, 5.74) is 27.1. The van der Waals surface area contributed by atoms with Gasteiger partial charge in [-0.25, -0.2) is 0 Å². The third-order valence-electron chi connectivity index (χ3n) is 22.6. The quantitative estimate of drug-likeness (QED) is 0.141. The van der Waals surface area contributed by atoms with Crippen LogP contribution in [0.25, 0.3) is 120 Å². The molecule has 514 valence electrons. The Hall–Kier alpha value is -11.4. The van der Waals surface area contributed by atoms with E-state index < -0.39 is 18.2 Å². The summed E-state index contributed by atoms with van der Waals surface area (Å²) in [6.07, 6.45) is 0. The standard InChI is InChI=1S/C100H85BN4S/c1-97(2,3)66-47-52-84-79(55-66)80-56-67(98(4,5)6)48-53-85(80)103(84)71-49-51-82-89(61-71)104(87-45-29-42-75-74-41-27-40-73(95(74)106-96(75)87)72-39-28-44-86-92(72)76-38-25-26-43-83(76)102(86)70-36-23-16-24-37-70)90-59-69(100(10,11)12)60-91-93(90)101(82)81-50-46-65(62-30-17-13-18-31-62)54-88(81)105(91)94-77(63-32-19-14-20-33-63)57-68(99(7,8)9)58-78(94)64-34-21-15-22-35-64/h13-61H,1-12H3/i13D,17D,18D,30D,31D. The van der Waals surface area contributed by atoms with E-state index in [-0.39, 0.29) is 46.0 Å². The van der Waals surface area contributed by atoms with Crippen LogP contribution in [-0.4, -0.2) is 15.8 Å². The molecule has 0 atom stereocenters. The summed E-state index contributed by atoms with van der Waals surface area (Å²) in [5.74, 6) is 0. The first-order chi connectivity index (χ1) is 53.2. The first kappa shape index (κ1) is 59.9. The topological polar surface area (TPSA) is 16.3 Å². The zero-order chi connectivity index (χ0) is 76.8. The second kappa shape index (κ2) is 24.1. The van der Waals surface area contributed by atoms with Crippen LogP contribution in [0, 0.1) is 0 Å². The molecule has 0 saturated heterocycles. The van der Waals surface area contributed by atoms with Crippen LogP contribution in [-0.2, 0) is 21.7 Å². The monoisotopic (exact) mass is 1390 g/mol. The third kappa shape index (κ3) is 10.4. The highest BCUT2D eigenvalue weighted by Gasteiger charge is 2.46. The number of thiophene rings is 1. The van der Waals surface area contributed by atoms with E-state index in [1.807, 2.05) is 17.4 Å². The lowest BCUT2D eigenvalue weighted by atomic mass is 9.33. The molecule has 14 aromatic carbocycles. The van der Waals surface area contributed by atoms with Gasteiger partial charge in [-0.05, 0) is 185 Å². The van der Waals surface area contributed by atoms with Crippen LogP contribution < -0.4 is 26.2 Å². The minimum absolute atomic E-state index is 0.0946. The normalized spacial score (nSPS) is 13.9. The molecule has 19 rings (SSSR count). The Kier molecular flexibility index (Phi) is 13.6. The van der Waals surface area contributed by atoms with Crippen LogP contribution in [0.4, 0.5) is 34.1 Å². The largest absolute Gasteiger partial charge is 0.310 e. The van der Waals surface area contributed by atoms with Crippen molar-refractivity contribution in [2.45, 2.75) is 105 Å². The van der Waals surface area contributed by atoms with Gasteiger partial charge < -0.3 is 18.9 Å². The van der Waals surface area contributed by atoms with Crippen LogP contribution in [0.15, 0.2) is 297 Å². The van der Waals surface area contributed by atoms with Gasteiger partial charge in [0.2, 0.25) is 0 Å². The van der Waals surface area contributed by atoms with Crippen LogP contribution in [0.3, 0.4) is 0 Å². The smallest absolute Gasteiger partial charge is 0.252 e. The van der Waals surface area contributed by atoms with Gasteiger partial charge in [0.05, 0.1) is 45.0 Å². The van der Waals surface area contributed by atoms with E-state index in [9.17, 15) is 2.74 Å². The van der Waals surface area contributed by atoms with Crippen molar-refractivity contribution in [3.8, 4) is 55.9 Å². The molecule has 0 aliphatic carbocycles. The molecule has 2 aliphatic heterocycles. The molecule has 106 heavy (non-hydrogen) atoms. The molecule has 17 aromatic rings. The molecule has 0 unspecified atom stereocenters. The fourth-order valence-corrected chi connectivity index (χ4v) is 18.4. The molecule has 0 bridgehead atoms. The number of benzene rings is 14. The fraction of sp³-hybridized carbons (Fsp3) is 0.160. The summed E-state index contributed by atoms with van der Waals surface area (Å²) in [7, 11) is 0. The van der Waals surface area contributed by atoms with Crippen molar-refractivity contribution >= 4 is 132 Å². The first-order valence-electron chi connectivity index (χ1n) is 39.8. The van der Waals surface area contributed by atoms with Crippen molar-refractivity contribution in [3.05, 3.63) is 319 Å². The Morgan fingerprint density at radius 2 is 0.792 bits per heavy atom. The van der Waals surface area contributed by atoms with Crippen molar-refractivity contribution in [2.24, 2.45) is 0 Å². The molecule has 0 radical (unpaired) electrons. The maximum Gasteiger partial charge on any atom is 0.252 e. The third-order valence-corrected chi connectivity index (χ3v) is 23.9. The van der Waals surface area contributed by atoms with E-state index in [1.165, 1.54) is 64.8 Å². The van der Waals surface area contributed by atoms with E-state index in [4.69, 9.17) is 4.11 Å². The highest BCUT2D eigenvalue weighted by atomic mass is 32.1. The average molecular weight is 1390 g/mol. The molecule has 2 aliphatic rings. The number of aromatic nitrogens is 2. The fourth-order valence-electron chi connectivity index (χ4n) is 17.1. The van der Waals surface area contributed by atoms with E-state index in [0.717, 1.165) is 116 Å². The van der Waals surface area contributed by atoms with Gasteiger partial charge in [0.25, 0.3) is 6.71 Å². The lowest BCUT2D eigenvalue weighted by Gasteiger charge is -2.46. The van der Waals surface area contributed by atoms with Crippen molar-refractivity contribution in [1.82, 2.24) is 9.13 Å². The van der Waals surface area contributed by atoms with Crippen LogP contribution in [0.2, 0.25) is 0 Å². The summed E-state index contributed by atoms with van der Waals surface area (Å²) in [6.45, 7) is 27.2. The molecular weight excluding hydrogens is 1300 g/mol. The minimum Gasteiger partial charge on any atom is -0.310 e. The van der Waals surface area contributed by atoms with Gasteiger partial charge in [0, 0.05) is 87.8 Å². The Morgan fingerprint density at radius 3 is 1.42 bits per heavy atom. The number of nitrogens with zero attached hydrogens (tertiary/aromatic N) is 4. The summed E-state index contributed by atoms with van der Waals surface area (Å²) in [5, 5.41) is 7.21. The van der Waals surface area contributed by atoms with Gasteiger partial charge >= 0.3 is 0 Å². The Morgan fingerprint density at radius 1 is 0.302 bits per heavy atom. The van der Waals surface area contributed by atoms with Crippen LogP contribution in [0.1, 0.15) is 112 Å². The number of anilines is 6. The average Bonchev–Trinajstić information content (AvgIpc) is 1.22. The molecule has 5 heterocycles. The summed E-state index contributed by atoms with van der Waals surface area (Å²) >= 11 is 1.88. The molecule has 3 aromatic heterocycles. The number of fused-ring (bicyclic) bond motifs is 13. The van der Waals surface area contributed by atoms with Gasteiger partial charge in [-0.3, -0.25) is 0 Å². The number of para-hydroxylation sites is 2. The number of rotatable bonds is 8. The van der Waals surface area contributed by atoms with Gasteiger partial charge in [0.15, 0.2) is 0 Å². The van der Waals surface area contributed by atoms with E-state index in [1.54, 1.807) is 0 Å². The molecule has 0 spiro atoms. The summed E-state index contributed by atoms with van der Waals surface area (Å²) in [6, 6.07) is 97.6. The van der Waals surface area contributed by atoms with Gasteiger partial charge in [0.1, 0.15) is 0 Å². The van der Waals surface area contributed by atoms with Crippen molar-refractivity contribution < 1.29 is 6.85 Å². The summed E-state index contributed by atoms with van der Waals surface area (Å²) < 4.78 is 53.6. The molecule has 4 nitrogen and oxygen atoms in total. The second-order valence-electron chi connectivity index (χ2n) is 33.3. The van der Waals surface area contributed by atoms with E-state index in [0.29, 0.717) is 5.56 Å². The van der Waals surface area contributed by atoms with E-state index in [2.05, 4.69) is 363 Å². The molecule has 0 saturated carbocycles. The highest BCUT2D eigenvalue weighted by molar-refractivity contribution is 7.27. The Balaban J connectivity index is 0.952. The van der Waals surface area contributed by atoms with Gasteiger partial charge in [-0.2, -0.15) is 0 Å². The van der Waals surface area contributed by atoms with Crippen molar-refractivity contribution in [2.75, 3.05) is 9.80 Å². The predicted molar refractivity (Wildman–Crippen MR) is 459 cm³/mol. The molecule has 0 amide bonds. The van der Waals surface area contributed by atoms with Crippen LogP contribution >= 0.6 is 11.3 Å². The highest BCUT2D eigenvalue weighted by Crippen LogP contribution is 2.56. The van der Waals surface area contributed by atoms with E-state index >= 15 is 0 Å². The zero-order valence-electron chi connectivity index (χ0n) is 67.2. The SMILES string of the molecule is [2H]c1c([2H])c([2H])c(-c2ccc3c(c2)N(c2c(-c4ccccc4)cc(C(C)(C)C)cc2-c2ccccc2)c2cc(C(C)(C)C)cc4c2B3c2ccc(-n3c5ccc(C(C)(C)C)cc5c5cc(C(C)(C)C)ccc53)cc2N4c2cccc3c2sc2c(-c4cccc5c4c4ccccc4n5-c4ccccc4)cccc23)c([2H])c1[2H]. The first-order valence-corrected chi connectivity index (χ1v) is 38.1. The summed E-state index contributed by atoms with van der Waals surface area (Å²) in [4.78, 5) is 5.13. The maximum atomic E-state index is 9.63. The number of hydrogen-bond donors (Lipinski definition) is 0. The minimum atomic E-state index is -0.427. The van der Waals surface area contributed by atoms with Crippen molar-refractivity contribution in [1.29, 1.82) is 0 Å². The van der Waals surface area contributed by atoms with Crippen molar-refractivity contribution in [3.63, 3.8) is 0 Å². The lowest BCUT2D eigenvalue weighted by molar-refractivity contribution is 0.590.